The maximum Gasteiger partial charge on any atom is 0.416 e. The molecule has 0 saturated heterocycles. The highest BCUT2D eigenvalue weighted by Gasteiger charge is 2.38. The van der Waals surface area contributed by atoms with Gasteiger partial charge in [0.1, 0.15) is 12.1 Å². The number of halogens is 3. The first kappa shape index (κ1) is 31.6. The lowest BCUT2D eigenvalue weighted by atomic mass is 9.86. The predicted octanol–water partition coefficient (Wildman–Crippen LogP) is 4.92. The number of anilines is 1. The molecule has 2 aromatic carbocycles. The minimum atomic E-state index is -4.61. The molecule has 214 valence electrons. The third-order valence-electron chi connectivity index (χ3n) is 5.80. The van der Waals surface area contributed by atoms with Crippen molar-refractivity contribution in [2.24, 2.45) is 5.41 Å². The van der Waals surface area contributed by atoms with Gasteiger partial charge in [-0.05, 0) is 68.5 Å². The van der Waals surface area contributed by atoms with Gasteiger partial charge in [0.25, 0.3) is 0 Å². The average Bonchev–Trinajstić information content (AvgIpc) is 2.87. The zero-order valence-electron chi connectivity index (χ0n) is 22.4. The molecule has 1 unspecified atom stereocenters. The number of rotatable bonds is 9. The monoisotopic (exact) mass is 569 g/mol. The molecule has 1 atom stereocenters. The van der Waals surface area contributed by atoms with Crippen LogP contribution in [0, 0.1) is 5.41 Å². The van der Waals surface area contributed by atoms with Gasteiger partial charge >= 0.3 is 24.2 Å². The van der Waals surface area contributed by atoms with E-state index in [1.807, 2.05) is 0 Å². The van der Waals surface area contributed by atoms with Crippen molar-refractivity contribution in [3.8, 4) is 0 Å². The molecule has 0 aliphatic heterocycles. The Balaban J connectivity index is 2.33. The number of carbonyl (C=O) groups excluding carboxylic acids is 3. The SMILES string of the molecule is CCC(COC(=O)C(C)(C)C)(NC(=O)NSc1c(N)cccc1CNC(=O)NC)c1cccc(C(F)(F)F)c1. The average molecular weight is 570 g/mol. The third-order valence-corrected chi connectivity index (χ3v) is 6.79. The van der Waals surface area contributed by atoms with Crippen LogP contribution in [0.2, 0.25) is 0 Å². The normalized spacial score (nSPS) is 13.1. The molecule has 39 heavy (non-hydrogen) atoms. The van der Waals surface area contributed by atoms with Crippen molar-refractivity contribution in [3.63, 3.8) is 0 Å². The van der Waals surface area contributed by atoms with Crippen LogP contribution in [-0.2, 0) is 27.8 Å². The van der Waals surface area contributed by atoms with Crippen LogP contribution in [0.15, 0.2) is 47.4 Å². The molecule has 13 heteroatoms. The number of hydrogen-bond donors (Lipinski definition) is 5. The van der Waals surface area contributed by atoms with Crippen LogP contribution < -0.4 is 26.4 Å². The molecule has 0 aliphatic carbocycles. The standard InChI is InChI=1S/C26H34F3N5O4S/c1-6-25(15-38-21(35)24(2,3)4,17-10-8-11-18(13-17)26(27,28)29)33-23(37)34-39-20-16(9-7-12-19(20)30)14-32-22(36)31-5/h7-13H,6,14-15,30H2,1-5H3,(H2,31,32,36)(H2,33,34,37). The van der Waals surface area contributed by atoms with Gasteiger partial charge in [-0.25, -0.2) is 9.59 Å². The molecular formula is C26H34F3N5O4S. The summed E-state index contributed by atoms with van der Waals surface area (Å²) in [7, 11) is 1.47. The summed E-state index contributed by atoms with van der Waals surface area (Å²) in [6.45, 7) is 6.33. The molecule has 0 bridgehead atoms. The van der Waals surface area contributed by atoms with Crippen LogP contribution in [0.5, 0.6) is 0 Å². The quantitative estimate of drug-likeness (QED) is 0.165. The molecule has 0 spiro atoms. The number of nitrogens with one attached hydrogen (secondary N) is 4. The number of hydrogen-bond acceptors (Lipinski definition) is 6. The Kier molecular flexibility index (Phi) is 10.5. The van der Waals surface area contributed by atoms with Crippen molar-refractivity contribution in [1.82, 2.24) is 20.7 Å². The van der Waals surface area contributed by atoms with Gasteiger partial charge in [-0.15, -0.1) is 0 Å². The molecule has 4 amide bonds. The molecule has 0 fully saturated rings. The molecule has 0 saturated carbocycles. The van der Waals surface area contributed by atoms with Crippen molar-refractivity contribution in [3.05, 3.63) is 59.2 Å². The van der Waals surface area contributed by atoms with E-state index in [0.717, 1.165) is 24.1 Å². The lowest BCUT2D eigenvalue weighted by Gasteiger charge is -2.35. The number of ether oxygens (including phenoxy) is 1. The van der Waals surface area contributed by atoms with Crippen LogP contribution in [0.3, 0.4) is 0 Å². The van der Waals surface area contributed by atoms with E-state index in [2.05, 4.69) is 20.7 Å². The lowest BCUT2D eigenvalue weighted by Crippen LogP contribution is -2.52. The van der Waals surface area contributed by atoms with Crippen molar-refractivity contribution >= 4 is 35.7 Å². The molecule has 9 nitrogen and oxygen atoms in total. The molecule has 0 aromatic heterocycles. The van der Waals surface area contributed by atoms with E-state index in [9.17, 15) is 27.6 Å². The van der Waals surface area contributed by atoms with Crippen LogP contribution in [0.1, 0.15) is 50.8 Å². The fourth-order valence-electron chi connectivity index (χ4n) is 3.46. The summed E-state index contributed by atoms with van der Waals surface area (Å²) in [5.74, 6) is -0.575. The van der Waals surface area contributed by atoms with Crippen LogP contribution >= 0.6 is 11.9 Å². The van der Waals surface area contributed by atoms with E-state index in [1.54, 1.807) is 45.9 Å². The smallest absolute Gasteiger partial charge is 0.416 e. The van der Waals surface area contributed by atoms with Gasteiger partial charge in [0, 0.05) is 19.3 Å². The molecule has 0 aliphatic rings. The lowest BCUT2D eigenvalue weighted by molar-refractivity contribution is -0.155. The van der Waals surface area contributed by atoms with Crippen molar-refractivity contribution in [1.29, 1.82) is 0 Å². The Morgan fingerprint density at radius 3 is 2.23 bits per heavy atom. The molecule has 0 heterocycles. The topological polar surface area (TPSA) is 135 Å². The number of esters is 1. The van der Waals surface area contributed by atoms with E-state index < -0.39 is 47.3 Å². The van der Waals surface area contributed by atoms with Crippen LogP contribution in [-0.4, -0.2) is 31.7 Å². The fraction of sp³-hybridized carbons (Fsp3) is 0.423. The fourth-order valence-corrected chi connectivity index (χ4v) is 4.16. The van der Waals surface area contributed by atoms with E-state index in [4.69, 9.17) is 10.5 Å². The number of urea groups is 2. The second-order valence-corrected chi connectivity index (χ2v) is 10.6. The Bertz CT molecular complexity index is 1190. The Morgan fingerprint density at radius 2 is 1.64 bits per heavy atom. The van der Waals surface area contributed by atoms with E-state index in [1.165, 1.54) is 19.2 Å². The number of nitrogen functional groups attached to an aromatic ring is 1. The largest absolute Gasteiger partial charge is 0.462 e. The zero-order chi connectivity index (χ0) is 29.4. The van der Waals surface area contributed by atoms with Gasteiger partial charge in [0.15, 0.2) is 0 Å². The summed E-state index contributed by atoms with van der Waals surface area (Å²) in [4.78, 5) is 37.7. The second kappa shape index (κ2) is 13.0. The van der Waals surface area contributed by atoms with Crippen molar-refractivity contribution in [2.45, 2.75) is 57.3 Å². The summed E-state index contributed by atoms with van der Waals surface area (Å²) in [5.41, 5.74) is 3.94. The van der Waals surface area contributed by atoms with E-state index in [0.29, 0.717) is 16.1 Å². The number of alkyl halides is 3. The van der Waals surface area contributed by atoms with Gasteiger partial charge < -0.3 is 26.4 Å². The summed E-state index contributed by atoms with van der Waals surface area (Å²) in [6, 6.07) is 8.41. The minimum absolute atomic E-state index is 0.110. The molecular weight excluding hydrogens is 535 g/mol. The minimum Gasteiger partial charge on any atom is -0.462 e. The van der Waals surface area contributed by atoms with Crippen molar-refractivity contribution < 1.29 is 32.3 Å². The van der Waals surface area contributed by atoms with E-state index >= 15 is 0 Å². The van der Waals surface area contributed by atoms with Gasteiger partial charge in [-0.1, -0.05) is 31.2 Å². The molecule has 2 rings (SSSR count). The summed E-state index contributed by atoms with van der Waals surface area (Å²) in [6.07, 6.45) is -4.50. The highest BCUT2D eigenvalue weighted by atomic mass is 32.2. The first-order valence-corrected chi connectivity index (χ1v) is 12.9. The summed E-state index contributed by atoms with van der Waals surface area (Å²) < 4.78 is 48.5. The highest BCUT2D eigenvalue weighted by Crippen LogP contribution is 2.34. The Hall–Kier alpha value is -3.61. The first-order chi connectivity index (χ1) is 18.1. The summed E-state index contributed by atoms with van der Waals surface area (Å²) in [5, 5.41) is 7.79. The number of benzene rings is 2. The Labute approximate surface area is 229 Å². The Morgan fingerprint density at radius 1 is 1.00 bits per heavy atom. The predicted molar refractivity (Wildman–Crippen MR) is 144 cm³/mol. The van der Waals surface area contributed by atoms with Gasteiger partial charge in [0.05, 0.1) is 15.9 Å². The maximum atomic E-state index is 13.5. The summed E-state index contributed by atoms with van der Waals surface area (Å²) >= 11 is 0.877. The van der Waals surface area contributed by atoms with Gasteiger partial charge in [0.2, 0.25) is 0 Å². The third kappa shape index (κ3) is 8.70. The highest BCUT2D eigenvalue weighted by molar-refractivity contribution is 7.98. The van der Waals surface area contributed by atoms with Gasteiger partial charge in [-0.3, -0.25) is 9.52 Å². The first-order valence-electron chi connectivity index (χ1n) is 12.1. The molecule has 6 N–H and O–H groups in total. The number of nitrogens with two attached hydrogens (primary N) is 1. The van der Waals surface area contributed by atoms with Crippen LogP contribution in [0.25, 0.3) is 0 Å². The van der Waals surface area contributed by atoms with Gasteiger partial charge in [-0.2, -0.15) is 13.2 Å². The zero-order valence-corrected chi connectivity index (χ0v) is 23.2. The van der Waals surface area contributed by atoms with Crippen LogP contribution in [0.4, 0.5) is 28.4 Å². The molecule has 0 radical (unpaired) electrons. The van der Waals surface area contributed by atoms with Crippen molar-refractivity contribution in [2.75, 3.05) is 19.4 Å². The van der Waals surface area contributed by atoms with E-state index in [-0.39, 0.29) is 18.5 Å². The number of carbonyl (C=O) groups is 3. The maximum absolute atomic E-state index is 13.5. The molecule has 2 aromatic rings. The number of amides is 4. The second-order valence-electron chi connectivity index (χ2n) is 9.77.